The summed E-state index contributed by atoms with van der Waals surface area (Å²) in [6.07, 6.45) is 1.89. The highest BCUT2D eigenvalue weighted by Crippen LogP contribution is 2.21. The van der Waals surface area contributed by atoms with Gasteiger partial charge in [0.05, 0.1) is 10.8 Å². The van der Waals surface area contributed by atoms with Crippen molar-refractivity contribution in [3.8, 4) is 5.75 Å². The molecule has 0 bridgehead atoms. The molecule has 1 atom stereocenters. The smallest absolute Gasteiger partial charge is 0.116 e. The second-order valence-electron chi connectivity index (χ2n) is 3.74. The van der Waals surface area contributed by atoms with Gasteiger partial charge in [0.15, 0.2) is 0 Å². The molecule has 0 spiro atoms. The molecule has 82 valence electrons. The zero-order chi connectivity index (χ0) is 10.7. The molecule has 15 heavy (non-hydrogen) atoms. The first-order chi connectivity index (χ1) is 7.27. The highest BCUT2D eigenvalue weighted by atomic mass is 32.2. The molecule has 2 N–H and O–H groups in total. The van der Waals surface area contributed by atoms with E-state index in [2.05, 4.69) is 5.32 Å². The Kier molecular flexibility index (Phi) is 3.38. The van der Waals surface area contributed by atoms with E-state index in [4.69, 9.17) is 0 Å². The van der Waals surface area contributed by atoms with Crippen LogP contribution in [0.25, 0.3) is 0 Å². The molecule has 3 nitrogen and oxygen atoms in total. The van der Waals surface area contributed by atoms with Crippen molar-refractivity contribution in [2.75, 3.05) is 13.1 Å². The van der Waals surface area contributed by atoms with Gasteiger partial charge in [-0.15, -0.1) is 0 Å². The third-order valence-electron chi connectivity index (χ3n) is 2.64. The van der Waals surface area contributed by atoms with Gasteiger partial charge in [0.2, 0.25) is 0 Å². The Morgan fingerprint density at radius 2 is 2.07 bits per heavy atom. The number of nitrogens with one attached hydrogen (secondary N) is 1. The van der Waals surface area contributed by atoms with Crippen molar-refractivity contribution >= 4 is 10.8 Å². The van der Waals surface area contributed by atoms with E-state index in [1.54, 1.807) is 18.2 Å². The predicted octanol–water partition coefficient (Wildman–Crippen LogP) is 1.25. The Morgan fingerprint density at radius 3 is 2.73 bits per heavy atom. The van der Waals surface area contributed by atoms with E-state index >= 15 is 0 Å². The zero-order valence-corrected chi connectivity index (χ0v) is 9.30. The quantitative estimate of drug-likeness (QED) is 0.796. The van der Waals surface area contributed by atoms with Gasteiger partial charge in [-0.2, -0.15) is 0 Å². The monoisotopic (exact) mass is 225 g/mol. The summed E-state index contributed by atoms with van der Waals surface area (Å²) in [5, 5.41) is 12.8. The molecule has 0 amide bonds. The summed E-state index contributed by atoms with van der Waals surface area (Å²) >= 11 is 0. The lowest BCUT2D eigenvalue weighted by Crippen LogP contribution is -2.33. The topological polar surface area (TPSA) is 49.3 Å². The summed E-state index contributed by atoms with van der Waals surface area (Å²) in [7, 11) is -0.980. The highest BCUT2D eigenvalue weighted by Gasteiger charge is 2.20. The molecule has 2 rings (SSSR count). The van der Waals surface area contributed by atoms with Crippen LogP contribution >= 0.6 is 0 Å². The fourth-order valence-electron chi connectivity index (χ4n) is 1.81. The van der Waals surface area contributed by atoms with Crippen LogP contribution in [-0.2, 0) is 10.8 Å². The maximum absolute atomic E-state index is 12.1. The first-order valence-electron chi connectivity index (χ1n) is 5.18. The van der Waals surface area contributed by atoms with Gasteiger partial charge in [0.1, 0.15) is 5.75 Å². The number of phenolic OH excluding ortho intramolecular Hbond substituents is 1. The van der Waals surface area contributed by atoms with E-state index < -0.39 is 10.8 Å². The zero-order valence-electron chi connectivity index (χ0n) is 8.48. The molecule has 0 aliphatic carbocycles. The summed E-state index contributed by atoms with van der Waals surface area (Å²) in [5.41, 5.74) is 0. The molecule has 0 aromatic heterocycles. The van der Waals surface area contributed by atoms with Gasteiger partial charge in [-0.25, -0.2) is 0 Å². The Balaban J connectivity index is 2.12. The van der Waals surface area contributed by atoms with Gasteiger partial charge >= 0.3 is 0 Å². The van der Waals surface area contributed by atoms with Crippen LogP contribution in [-0.4, -0.2) is 27.7 Å². The number of piperidine rings is 1. The van der Waals surface area contributed by atoms with Gasteiger partial charge in [-0.1, -0.05) is 6.07 Å². The van der Waals surface area contributed by atoms with Gasteiger partial charge in [-0.3, -0.25) is 4.21 Å². The molecule has 1 aromatic rings. The van der Waals surface area contributed by atoms with Crippen molar-refractivity contribution in [2.24, 2.45) is 0 Å². The van der Waals surface area contributed by atoms with Gasteiger partial charge in [0, 0.05) is 10.1 Å². The standard InChI is InChI=1S/C11H15NO2S/c13-9-2-1-3-11(8-9)15(14)10-4-6-12-7-5-10/h1-3,8,10,12-13H,4-7H2. The molecular weight excluding hydrogens is 210 g/mol. The predicted molar refractivity (Wildman–Crippen MR) is 60.4 cm³/mol. The first kappa shape index (κ1) is 10.6. The lowest BCUT2D eigenvalue weighted by Gasteiger charge is -2.21. The van der Waals surface area contributed by atoms with E-state index in [9.17, 15) is 9.32 Å². The Morgan fingerprint density at radius 1 is 1.33 bits per heavy atom. The SMILES string of the molecule is O=S(c1cccc(O)c1)C1CCNCC1. The molecule has 0 radical (unpaired) electrons. The lowest BCUT2D eigenvalue weighted by molar-refractivity contribution is 0.473. The van der Waals surface area contributed by atoms with Crippen LogP contribution in [0.2, 0.25) is 0 Å². The normalized spacial score (nSPS) is 20.0. The van der Waals surface area contributed by atoms with E-state index in [-0.39, 0.29) is 11.0 Å². The third-order valence-corrected chi connectivity index (χ3v) is 4.43. The van der Waals surface area contributed by atoms with Gasteiger partial charge in [0.25, 0.3) is 0 Å². The molecule has 1 fully saturated rings. The summed E-state index contributed by atoms with van der Waals surface area (Å²) in [6.45, 7) is 1.88. The Bertz CT molecular complexity index is 361. The van der Waals surface area contributed by atoms with Crippen LogP contribution in [0.1, 0.15) is 12.8 Å². The maximum Gasteiger partial charge on any atom is 0.116 e. The van der Waals surface area contributed by atoms with Crippen LogP contribution in [0.4, 0.5) is 0 Å². The Hall–Kier alpha value is -0.870. The minimum Gasteiger partial charge on any atom is -0.508 e. The Labute approximate surface area is 92.0 Å². The number of rotatable bonds is 2. The number of benzene rings is 1. The lowest BCUT2D eigenvalue weighted by atomic mass is 10.2. The molecule has 4 heteroatoms. The first-order valence-corrected chi connectivity index (χ1v) is 6.39. The minimum absolute atomic E-state index is 0.190. The van der Waals surface area contributed by atoms with Crippen LogP contribution in [0.5, 0.6) is 5.75 Å². The summed E-state index contributed by atoms with van der Waals surface area (Å²) in [5.74, 6) is 0.190. The summed E-state index contributed by atoms with van der Waals surface area (Å²) in [6, 6.07) is 6.75. The molecule has 1 heterocycles. The minimum atomic E-state index is -0.980. The maximum atomic E-state index is 12.1. The van der Waals surface area contributed by atoms with Crippen LogP contribution in [0, 0.1) is 0 Å². The molecule has 1 saturated heterocycles. The van der Waals surface area contributed by atoms with Crippen molar-refractivity contribution in [3.63, 3.8) is 0 Å². The average Bonchev–Trinajstić information content (AvgIpc) is 2.29. The summed E-state index contributed by atoms with van der Waals surface area (Å²) in [4.78, 5) is 0.738. The second kappa shape index (κ2) is 4.77. The highest BCUT2D eigenvalue weighted by molar-refractivity contribution is 7.85. The molecule has 1 unspecified atom stereocenters. The van der Waals surface area contributed by atoms with Gasteiger partial charge in [-0.05, 0) is 44.1 Å². The average molecular weight is 225 g/mol. The van der Waals surface area contributed by atoms with Crippen molar-refractivity contribution in [3.05, 3.63) is 24.3 Å². The molecule has 1 aliphatic rings. The fourth-order valence-corrected chi connectivity index (χ4v) is 3.31. The van der Waals surface area contributed by atoms with Crippen LogP contribution in [0.3, 0.4) is 0 Å². The molecular formula is C11H15NO2S. The third kappa shape index (κ3) is 2.58. The summed E-state index contributed by atoms with van der Waals surface area (Å²) < 4.78 is 12.1. The van der Waals surface area contributed by atoms with Crippen LogP contribution < -0.4 is 5.32 Å². The second-order valence-corrected chi connectivity index (χ2v) is 5.48. The number of hydrogen-bond donors (Lipinski definition) is 2. The molecule has 1 aliphatic heterocycles. The number of hydrogen-bond acceptors (Lipinski definition) is 3. The van der Waals surface area contributed by atoms with E-state index in [1.165, 1.54) is 0 Å². The van der Waals surface area contributed by atoms with E-state index in [0.717, 1.165) is 30.8 Å². The van der Waals surface area contributed by atoms with E-state index in [0.29, 0.717) is 0 Å². The van der Waals surface area contributed by atoms with Crippen molar-refractivity contribution in [1.29, 1.82) is 0 Å². The largest absolute Gasteiger partial charge is 0.508 e. The molecule has 1 aromatic carbocycles. The van der Waals surface area contributed by atoms with Crippen LogP contribution in [0.15, 0.2) is 29.2 Å². The fraction of sp³-hybridized carbons (Fsp3) is 0.455. The van der Waals surface area contributed by atoms with Gasteiger partial charge < -0.3 is 10.4 Å². The number of phenols is 1. The van der Waals surface area contributed by atoms with Crippen molar-refractivity contribution in [2.45, 2.75) is 23.0 Å². The number of aromatic hydroxyl groups is 1. The van der Waals surface area contributed by atoms with Crippen molar-refractivity contribution < 1.29 is 9.32 Å². The molecule has 0 saturated carbocycles. The van der Waals surface area contributed by atoms with E-state index in [1.807, 2.05) is 6.07 Å². The van der Waals surface area contributed by atoms with Crippen molar-refractivity contribution in [1.82, 2.24) is 5.32 Å².